The van der Waals surface area contributed by atoms with E-state index in [-0.39, 0.29) is 22.3 Å². The molecule has 0 fully saturated rings. The van der Waals surface area contributed by atoms with E-state index in [2.05, 4.69) is 32.6 Å². The van der Waals surface area contributed by atoms with Gasteiger partial charge in [-0.1, -0.05) is 43.0 Å². The van der Waals surface area contributed by atoms with Crippen molar-refractivity contribution in [1.82, 2.24) is 5.32 Å². The Morgan fingerprint density at radius 2 is 2.00 bits per heavy atom. The van der Waals surface area contributed by atoms with E-state index in [1.807, 2.05) is 32.0 Å². The summed E-state index contributed by atoms with van der Waals surface area (Å²) in [5.41, 5.74) is 3.45. The first-order valence-electron chi connectivity index (χ1n) is 11.1. The molecule has 2 aromatic carbocycles. The van der Waals surface area contributed by atoms with Crippen LogP contribution in [0.1, 0.15) is 29.5 Å². The number of benzene rings is 2. The summed E-state index contributed by atoms with van der Waals surface area (Å²) in [6, 6.07) is 13.0. The van der Waals surface area contributed by atoms with E-state index in [4.69, 9.17) is 9.47 Å². The molecule has 10 heteroatoms. The lowest BCUT2D eigenvalue weighted by Gasteiger charge is -2.31. The first-order valence-corrected chi connectivity index (χ1v) is 12.9. The third-order valence-corrected chi connectivity index (χ3v) is 7.51. The summed E-state index contributed by atoms with van der Waals surface area (Å²) in [6.45, 7) is 3.93. The van der Waals surface area contributed by atoms with Crippen LogP contribution < -0.4 is 15.4 Å². The average Bonchev–Trinajstić information content (AvgIpc) is 2.87. The lowest BCUT2D eigenvalue weighted by atomic mass is 9.78. The van der Waals surface area contributed by atoms with E-state index in [1.54, 1.807) is 18.2 Å². The van der Waals surface area contributed by atoms with E-state index >= 15 is 0 Å². The van der Waals surface area contributed by atoms with Crippen LogP contribution in [0, 0.1) is 24.2 Å². The number of anilines is 1. The Hall–Kier alpha value is -3.29. The molecule has 3 rings (SSSR count). The molecule has 8 nitrogen and oxygen atoms in total. The van der Waals surface area contributed by atoms with Crippen LogP contribution in [0.3, 0.4) is 0 Å². The minimum absolute atomic E-state index is 0.0415. The first kappa shape index (κ1) is 27.3. The third-order valence-electron chi connectivity index (χ3n) is 5.87. The van der Waals surface area contributed by atoms with Gasteiger partial charge < -0.3 is 20.1 Å². The number of carbonyl (C=O) groups is 3. The summed E-state index contributed by atoms with van der Waals surface area (Å²) in [5.74, 6) is -3.28. The second-order valence-corrected chi connectivity index (χ2v) is 9.86. The van der Waals surface area contributed by atoms with Gasteiger partial charge in [0.1, 0.15) is 11.7 Å². The minimum Gasteiger partial charge on any atom is -0.496 e. The fraction of sp³-hybridized carbons (Fsp3) is 0.308. The van der Waals surface area contributed by atoms with Crippen LogP contribution in [-0.4, -0.2) is 37.8 Å². The zero-order valence-electron chi connectivity index (χ0n) is 20.3. The average molecular weight is 572 g/mol. The summed E-state index contributed by atoms with van der Waals surface area (Å²) in [7, 11) is 2.71. The molecule has 0 aromatic heterocycles. The number of carbonyl (C=O) groups excluding carboxylic acids is 3. The number of methoxy groups -OCH3 is 2. The molecule has 2 amide bonds. The van der Waals surface area contributed by atoms with Gasteiger partial charge in [-0.15, -0.1) is 0 Å². The summed E-state index contributed by atoms with van der Waals surface area (Å²) >= 11 is 4.46. The number of halogens is 1. The molecule has 0 saturated carbocycles. The number of hydrogen-bond acceptors (Lipinski definition) is 7. The third kappa shape index (κ3) is 5.74. The van der Waals surface area contributed by atoms with Crippen LogP contribution in [-0.2, 0) is 25.5 Å². The topological polar surface area (TPSA) is 118 Å². The van der Waals surface area contributed by atoms with Gasteiger partial charge >= 0.3 is 5.97 Å². The van der Waals surface area contributed by atoms with Gasteiger partial charge in [0.25, 0.3) is 0 Å². The van der Waals surface area contributed by atoms with Crippen molar-refractivity contribution in [2.24, 2.45) is 5.92 Å². The lowest BCUT2D eigenvalue weighted by molar-refractivity contribution is -0.150. The van der Waals surface area contributed by atoms with Crippen molar-refractivity contribution >= 4 is 51.2 Å². The molecule has 1 aliphatic heterocycles. The second-order valence-electron chi connectivity index (χ2n) is 8.02. The van der Waals surface area contributed by atoms with Crippen molar-refractivity contribution < 1.29 is 23.9 Å². The highest BCUT2D eigenvalue weighted by Gasteiger charge is 2.44. The van der Waals surface area contributed by atoms with Crippen molar-refractivity contribution in [3.05, 3.63) is 68.2 Å². The monoisotopic (exact) mass is 571 g/mol. The molecule has 188 valence electrons. The van der Waals surface area contributed by atoms with E-state index in [0.29, 0.717) is 15.8 Å². The highest BCUT2D eigenvalue weighted by molar-refractivity contribution is 9.10. The van der Waals surface area contributed by atoms with Crippen LogP contribution in [0.4, 0.5) is 5.69 Å². The van der Waals surface area contributed by atoms with E-state index < -0.39 is 23.7 Å². The van der Waals surface area contributed by atoms with Crippen LogP contribution in [0.2, 0.25) is 0 Å². The maximum atomic E-state index is 13.0. The number of amides is 2. The zero-order valence-corrected chi connectivity index (χ0v) is 22.7. The number of nitrogens with zero attached hydrogens (tertiary/aromatic N) is 1. The van der Waals surface area contributed by atoms with Gasteiger partial charge in [0.15, 0.2) is 0 Å². The summed E-state index contributed by atoms with van der Waals surface area (Å²) in [6.07, 6.45) is 0.762. The van der Waals surface area contributed by atoms with Gasteiger partial charge in [-0.25, -0.2) is 0 Å². The fourth-order valence-corrected chi connectivity index (χ4v) is 5.48. The quantitative estimate of drug-likeness (QED) is 0.355. The molecule has 1 heterocycles. The molecule has 0 radical (unpaired) electrons. The zero-order chi connectivity index (χ0) is 26.4. The summed E-state index contributed by atoms with van der Waals surface area (Å²) in [4.78, 5) is 38.4. The largest absolute Gasteiger partial charge is 0.496 e. The van der Waals surface area contributed by atoms with Gasteiger partial charge in [0.05, 0.1) is 41.1 Å². The molecule has 0 bridgehead atoms. The number of para-hydroxylation sites is 1. The minimum atomic E-state index is -1.26. The Bertz CT molecular complexity index is 1270. The SMILES string of the molecule is CCc1cccc(C)c1NC(=O)CSC1=C(C#N)[C@H](c2ccc(OC)c(Br)c2)[C@@H](C(=O)OC)C(=O)N1. The number of ether oxygens (including phenoxy) is 2. The van der Waals surface area contributed by atoms with Crippen molar-refractivity contribution in [2.75, 3.05) is 25.3 Å². The Morgan fingerprint density at radius 3 is 2.61 bits per heavy atom. The molecule has 2 atom stereocenters. The Labute approximate surface area is 222 Å². The maximum absolute atomic E-state index is 13.0. The molecule has 2 aromatic rings. The number of nitrogens with one attached hydrogen (secondary N) is 2. The fourth-order valence-electron chi connectivity index (χ4n) is 4.07. The smallest absolute Gasteiger partial charge is 0.319 e. The predicted molar refractivity (Wildman–Crippen MR) is 141 cm³/mol. The van der Waals surface area contributed by atoms with Crippen LogP contribution in [0.15, 0.2) is 51.5 Å². The van der Waals surface area contributed by atoms with Gasteiger partial charge in [-0.2, -0.15) is 5.26 Å². The lowest BCUT2D eigenvalue weighted by Crippen LogP contribution is -2.44. The Morgan fingerprint density at radius 1 is 1.25 bits per heavy atom. The molecule has 36 heavy (non-hydrogen) atoms. The molecule has 2 N–H and O–H groups in total. The highest BCUT2D eigenvalue weighted by Crippen LogP contribution is 2.42. The van der Waals surface area contributed by atoms with Gasteiger partial charge in [-0.3, -0.25) is 14.4 Å². The molecule has 0 unspecified atom stereocenters. The van der Waals surface area contributed by atoms with Crippen molar-refractivity contribution in [2.45, 2.75) is 26.2 Å². The van der Waals surface area contributed by atoms with E-state index in [9.17, 15) is 19.6 Å². The molecule has 0 spiro atoms. The Kier molecular flexibility index (Phi) is 9.18. The van der Waals surface area contributed by atoms with Gasteiger partial charge in [0.2, 0.25) is 11.8 Å². The molecule has 1 aliphatic rings. The second kappa shape index (κ2) is 12.1. The number of thioether (sulfide) groups is 1. The maximum Gasteiger partial charge on any atom is 0.319 e. The molecular weight excluding hydrogens is 546 g/mol. The van der Waals surface area contributed by atoms with Gasteiger partial charge in [-0.05, 0) is 58.1 Å². The summed E-state index contributed by atoms with van der Waals surface area (Å²) < 4.78 is 10.8. The number of allylic oxidation sites excluding steroid dienone is 1. The molecule has 0 aliphatic carbocycles. The van der Waals surface area contributed by atoms with Crippen LogP contribution in [0.5, 0.6) is 5.75 Å². The molecular formula is C26H26BrN3O5S. The number of nitriles is 1. The van der Waals surface area contributed by atoms with Crippen molar-refractivity contribution in [3.8, 4) is 11.8 Å². The van der Waals surface area contributed by atoms with E-state index in [0.717, 1.165) is 35.0 Å². The normalized spacial score (nSPS) is 17.2. The van der Waals surface area contributed by atoms with Crippen LogP contribution >= 0.6 is 27.7 Å². The molecule has 0 saturated heterocycles. The Balaban J connectivity index is 1.94. The number of aryl methyl sites for hydroxylation is 2. The van der Waals surface area contributed by atoms with E-state index in [1.165, 1.54) is 14.2 Å². The standard InChI is InChI=1S/C26H26BrN3O5S/c1-5-15-8-6-7-14(2)23(15)29-20(31)13-36-25-17(12-28)21(22(24(32)30-25)26(33)35-4)16-9-10-19(34-3)18(27)11-16/h6-11,21-22H,5,13H2,1-4H3,(H,29,31)(H,30,32)/t21-,22+/m0/s1. The number of esters is 1. The van der Waals surface area contributed by atoms with Crippen molar-refractivity contribution in [3.63, 3.8) is 0 Å². The number of hydrogen-bond donors (Lipinski definition) is 2. The predicted octanol–water partition coefficient (Wildman–Crippen LogP) is 4.44. The number of rotatable bonds is 8. The van der Waals surface area contributed by atoms with Crippen molar-refractivity contribution in [1.29, 1.82) is 5.26 Å². The van der Waals surface area contributed by atoms with Gasteiger partial charge in [0, 0.05) is 11.6 Å². The highest BCUT2D eigenvalue weighted by atomic mass is 79.9. The van der Waals surface area contributed by atoms with Crippen LogP contribution in [0.25, 0.3) is 0 Å². The summed E-state index contributed by atoms with van der Waals surface area (Å²) in [5, 5.41) is 15.9. The first-order chi connectivity index (χ1) is 17.2.